The van der Waals surface area contributed by atoms with Crippen molar-refractivity contribution < 1.29 is 13.5 Å². The molecule has 2 heterocycles. The predicted molar refractivity (Wildman–Crippen MR) is 86.5 cm³/mol. The van der Waals surface area contributed by atoms with Gasteiger partial charge in [-0.1, -0.05) is 24.4 Å². The van der Waals surface area contributed by atoms with Gasteiger partial charge in [0.15, 0.2) is 0 Å². The number of aliphatic hydroxyl groups is 1. The Morgan fingerprint density at radius 3 is 2.76 bits per heavy atom. The number of halogens is 1. The Bertz CT molecular complexity index is 564. The first-order chi connectivity index (χ1) is 9.82. The summed E-state index contributed by atoms with van der Waals surface area (Å²) in [6, 6.07) is 1.52. The Morgan fingerprint density at radius 2 is 2.19 bits per heavy atom. The lowest BCUT2D eigenvalue weighted by atomic mass is 10.1. The highest BCUT2D eigenvalue weighted by molar-refractivity contribution is 7.91. The highest BCUT2D eigenvalue weighted by atomic mass is 35.5. The summed E-state index contributed by atoms with van der Waals surface area (Å²) in [4.78, 5) is 0. The van der Waals surface area contributed by atoms with Crippen LogP contribution in [0.25, 0.3) is 0 Å². The van der Waals surface area contributed by atoms with Crippen molar-refractivity contribution in [2.24, 2.45) is 0 Å². The van der Waals surface area contributed by atoms with Gasteiger partial charge in [0.25, 0.3) is 10.0 Å². The molecular weight excluding hydrogens is 330 g/mol. The van der Waals surface area contributed by atoms with Crippen molar-refractivity contribution in [2.75, 3.05) is 6.54 Å². The van der Waals surface area contributed by atoms with Gasteiger partial charge in [-0.25, -0.2) is 8.42 Å². The number of hydrogen-bond acceptors (Lipinski definition) is 4. The summed E-state index contributed by atoms with van der Waals surface area (Å²) < 4.78 is 28.2. The molecule has 0 radical (unpaired) electrons. The number of nitrogens with zero attached hydrogens (tertiary/aromatic N) is 1. The molecule has 1 aromatic heterocycles. The van der Waals surface area contributed by atoms with Gasteiger partial charge in [0.05, 0.1) is 10.4 Å². The largest absolute Gasteiger partial charge is 0.393 e. The average Bonchev–Trinajstić information content (AvgIpc) is 2.61. The quantitative estimate of drug-likeness (QED) is 0.904. The van der Waals surface area contributed by atoms with Crippen LogP contribution in [0.15, 0.2) is 10.3 Å². The van der Waals surface area contributed by atoms with Crippen molar-refractivity contribution in [1.82, 2.24) is 4.31 Å². The van der Waals surface area contributed by atoms with Gasteiger partial charge >= 0.3 is 0 Å². The molecule has 7 heteroatoms. The first kappa shape index (κ1) is 17.2. The van der Waals surface area contributed by atoms with E-state index in [4.69, 9.17) is 11.6 Å². The molecule has 21 heavy (non-hydrogen) atoms. The Morgan fingerprint density at radius 1 is 1.48 bits per heavy atom. The molecule has 0 spiro atoms. The third-order valence-electron chi connectivity index (χ3n) is 3.83. The summed E-state index contributed by atoms with van der Waals surface area (Å²) >= 11 is 7.14. The molecule has 2 rings (SSSR count). The van der Waals surface area contributed by atoms with Gasteiger partial charge in [-0.15, -0.1) is 11.3 Å². The van der Waals surface area contributed by atoms with E-state index >= 15 is 0 Å². The smallest absolute Gasteiger partial charge is 0.252 e. The molecule has 1 fully saturated rings. The standard InChI is InChI=1S/C14H22ClNO3S2/c1-10-8-13(20-14(10)15)21(18,19)16-7-5-3-4-6-12(16)9-11(2)17/h8,11-12,17H,3-7,9H2,1-2H3. The van der Waals surface area contributed by atoms with Gasteiger partial charge in [-0.05, 0) is 44.7 Å². The predicted octanol–water partition coefficient (Wildman–Crippen LogP) is 3.41. The van der Waals surface area contributed by atoms with Gasteiger partial charge in [0.1, 0.15) is 4.21 Å². The van der Waals surface area contributed by atoms with E-state index in [1.54, 1.807) is 17.3 Å². The summed E-state index contributed by atoms with van der Waals surface area (Å²) in [6.45, 7) is 4.05. The second-order valence-electron chi connectivity index (χ2n) is 5.73. The zero-order chi connectivity index (χ0) is 15.6. The molecule has 1 saturated heterocycles. The molecule has 0 bridgehead atoms. The fourth-order valence-corrected chi connectivity index (χ4v) is 6.31. The van der Waals surface area contributed by atoms with Gasteiger partial charge in [-0.3, -0.25) is 0 Å². The Balaban J connectivity index is 2.33. The minimum atomic E-state index is -3.53. The van der Waals surface area contributed by atoms with Crippen molar-refractivity contribution >= 4 is 33.0 Å². The Labute approximate surface area is 135 Å². The fraction of sp³-hybridized carbons (Fsp3) is 0.714. The topological polar surface area (TPSA) is 57.6 Å². The van der Waals surface area contributed by atoms with Crippen molar-refractivity contribution in [3.8, 4) is 0 Å². The number of hydrogen-bond donors (Lipinski definition) is 1. The summed E-state index contributed by atoms with van der Waals surface area (Å²) in [5, 5.41) is 9.66. The van der Waals surface area contributed by atoms with Crippen LogP contribution < -0.4 is 0 Å². The maximum Gasteiger partial charge on any atom is 0.252 e. The minimum Gasteiger partial charge on any atom is -0.393 e. The maximum atomic E-state index is 12.9. The number of aryl methyl sites for hydroxylation is 1. The van der Waals surface area contributed by atoms with E-state index in [9.17, 15) is 13.5 Å². The third-order valence-corrected chi connectivity index (χ3v) is 7.79. The summed E-state index contributed by atoms with van der Waals surface area (Å²) in [7, 11) is -3.53. The van der Waals surface area contributed by atoms with Crippen LogP contribution in [0.2, 0.25) is 4.34 Å². The Hall–Kier alpha value is -0.140. The molecule has 1 aliphatic heterocycles. The van der Waals surface area contributed by atoms with Crippen LogP contribution in [0.3, 0.4) is 0 Å². The van der Waals surface area contributed by atoms with Gasteiger partial charge < -0.3 is 5.11 Å². The zero-order valence-corrected chi connectivity index (χ0v) is 14.8. The number of thiophene rings is 1. The molecule has 4 nitrogen and oxygen atoms in total. The van der Waals surface area contributed by atoms with Crippen LogP contribution in [0.4, 0.5) is 0 Å². The normalized spacial score (nSPS) is 23.0. The molecule has 120 valence electrons. The fourth-order valence-electron chi connectivity index (χ4n) is 2.77. The molecule has 0 aliphatic carbocycles. The van der Waals surface area contributed by atoms with Crippen LogP contribution in [0.1, 0.15) is 44.6 Å². The molecule has 1 N–H and O–H groups in total. The van der Waals surface area contributed by atoms with Crippen molar-refractivity contribution in [2.45, 2.75) is 62.3 Å². The summed E-state index contributed by atoms with van der Waals surface area (Å²) in [5.74, 6) is 0. The number of sulfonamides is 1. The molecular formula is C14H22ClNO3S2. The molecule has 1 aromatic rings. The third kappa shape index (κ3) is 3.99. The number of rotatable bonds is 4. The van der Waals surface area contributed by atoms with E-state index in [0.717, 1.165) is 42.6 Å². The van der Waals surface area contributed by atoms with Crippen molar-refractivity contribution in [3.63, 3.8) is 0 Å². The van der Waals surface area contributed by atoms with Crippen molar-refractivity contribution in [1.29, 1.82) is 0 Å². The maximum absolute atomic E-state index is 12.9. The molecule has 0 aromatic carbocycles. The lowest BCUT2D eigenvalue weighted by Gasteiger charge is -2.29. The van der Waals surface area contributed by atoms with E-state index in [1.165, 1.54) is 0 Å². The van der Waals surface area contributed by atoms with Crippen molar-refractivity contribution in [3.05, 3.63) is 16.0 Å². The second kappa shape index (κ2) is 6.96. The highest BCUT2D eigenvalue weighted by Gasteiger charge is 2.34. The monoisotopic (exact) mass is 351 g/mol. The average molecular weight is 352 g/mol. The van der Waals surface area contributed by atoms with Crippen LogP contribution >= 0.6 is 22.9 Å². The van der Waals surface area contributed by atoms with E-state index < -0.39 is 16.1 Å². The zero-order valence-electron chi connectivity index (χ0n) is 12.4. The number of aliphatic hydroxyl groups excluding tert-OH is 1. The lowest BCUT2D eigenvalue weighted by Crippen LogP contribution is -2.41. The molecule has 1 aliphatic rings. The molecule has 2 atom stereocenters. The lowest BCUT2D eigenvalue weighted by molar-refractivity contribution is 0.147. The van der Waals surface area contributed by atoms with Gasteiger partial charge in [0, 0.05) is 12.6 Å². The van der Waals surface area contributed by atoms with Crippen LogP contribution in [0, 0.1) is 6.92 Å². The van der Waals surface area contributed by atoms with Crippen LogP contribution in [-0.2, 0) is 10.0 Å². The van der Waals surface area contributed by atoms with E-state index in [-0.39, 0.29) is 6.04 Å². The SMILES string of the molecule is Cc1cc(S(=O)(=O)N2CCCCCC2CC(C)O)sc1Cl. The van der Waals surface area contributed by atoms with E-state index in [2.05, 4.69) is 0 Å². The summed E-state index contributed by atoms with van der Waals surface area (Å²) in [6.07, 6.45) is 3.70. The van der Waals surface area contributed by atoms with E-state index in [1.807, 2.05) is 6.92 Å². The van der Waals surface area contributed by atoms with Crippen LogP contribution in [-0.4, -0.2) is 36.5 Å². The van der Waals surface area contributed by atoms with Crippen LogP contribution in [0.5, 0.6) is 0 Å². The summed E-state index contributed by atoms with van der Waals surface area (Å²) in [5.41, 5.74) is 0.794. The molecule has 0 amide bonds. The first-order valence-corrected chi connectivity index (χ1v) is 9.91. The second-order valence-corrected chi connectivity index (χ2v) is 9.50. The minimum absolute atomic E-state index is 0.126. The first-order valence-electron chi connectivity index (χ1n) is 7.28. The van der Waals surface area contributed by atoms with Gasteiger partial charge in [0.2, 0.25) is 0 Å². The molecule has 0 saturated carbocycles. The van der Waals surface area contributed by atoms with Gasteiger partial charge in [-0.2, -0.15) is 4.31 Å². The Kier molecular flexibility index (Phi) is 5.71. The van der Waals surface area contributed by atoms with E-state index in [0.29, 0.717) is 21.5 Å². The highest BCUT2D eigenvalue weighted by Crippen LogP contribution is 2.34. The molecule has 2 unspecified atom stereocenters.